The molecule has 0 spiro atoms. The van der Waals surface area contributed by atoms with Crippen LogP contribution in [0.3, 0.4) is 0 Å². The fourth-order valence-electron chi connectivity index (χ4n) is 4.64. The molecule has 2 aromatic carbocycles. The van der Waals surface area contributed by atoms with E-state index in [1.54, 1.807) is 14.2 Å². The van der Waals surface area contributed by atoms with E-state index in [4.69, 9.17) is 18.9 Å². The normalized spacial score (nSPS) is 25.8. The molecule has 4 atom stereocenters. The highest BCUT2D eigenvalue weighted by Gasteiger charge is 2.48. The number of hydrogen-bond donors (Lipinski definition) is 2. The van der Waals surface area contributed by atoms with Crippen LogP contribution in [0, 0.1) is 18.8 Å². The number of aliphatic hydroxyl groups is 2. The topological polar surface area (TPSA) is 77.4 Å². The number of benzene rings is 2. The molecular weight excluding hydrogens is 372 g/mol. The van der Waals surface area contributed by atoms with Crippen molar-refractivity contribution in [3.63, 3.8) is 0 Å². The van der Waals surface area contributed by atoms with E-state index in [0.717, 1.165) is 22.4 Å². The van der Waals surface area contributed by atoms with Crippen molar-refractivity contribution in [2.24, 2.45) is 11.8 Å². The van der Waals surface area contributed by atoms with Crippen LogP contribution in [-0.2, 0) is 22.7 Å². The molecule has 2 saturated heterocycles. The third-order valence-corrected chi connectivity index (χ3v) is 6.23. The van der Waals surface area contributed by atoms with Crippen LogP contribution in [0.2, 0.25) is 0 Å². The Morgan fingerprint density at radius 3 is 2.07 bits per heavy atom. The van der Waals surface area contributed by atoms with Crippen molar-refractivity contribution in [2.45, 2.75) is 32.3 Å². The van der Waals surface area contributed by atoms with Crippen molar-refractivity contribution >= 4 is 0 Å². The molecule has 2 aliphatic rings. The zero-order valence-electron chi connectivity index (χ0n) is 17.1. The molecule has 0 aliphatic carbocycles. The Hall–Kier alpha value is -2.12. The Morgan fingerprint density at radius 2 is 1.48 bits per heavy atom. The van der Waals surface area contributed by atoms with Gasteiger partial charge in [0.2, 0.25) is 0 Å². The van der Waals surface area contributed by atoms with Gasteiger partial charge in [-0.25, -0.2) is 0 Å². The molecule has 0 amide bonds. The minimum Gasteiger partial charge on any atom is -0.496 e. The number of aryl methyl sites for hydroxylation is 1. The smallest absolute Gasteiger partial charge is 0.125 e. The van der Waals surface area contributed by atoms with E-state index in [1.165, 1.54) is 0 Å². The first-order chi connectivity index (χ1) is 14.1. The first-order valence-electron chi connectivity index (χ1n) is 9.90. The van der Waals surface area contributed by atoms with Crippen molar-refractivity contribution in [3.8, 4) is 11.5 Å². The number of methoxy groups -OCH3 is 2. The molecule has 156 valence electrons. The summed E-state index contributed by atoms with van der Waals surface area (Å²) < 4.78 is 23.3. The molecule has 6 nitrogen and oxygen atoms in total. The molecule has 2 aromatic rings. The molecule has 2 N–H and O–H groups in total. The minimum absolute atomic E-state index is 0.0320. The highest BCUT2D eigenvalue weighted by atomic mass is 16.5. The third kappa shape index (κ3) is 3.51. The van der Waals surface area contributed by atoms with Gasteiger partial charge in [-0.05, 0) is 41.3 Å². The van der Waals surface area contributed by atoms with Gasteiger partial charge >= 0.3 is 0 Å². The van der Waals surface area contributed by atoms with Gasteiger partial charge in [-0.1, -0.05) is 18.2 Å². The van der Waals surface area contributed by atoms with Crippen LogP contribution in [0.5, 0.6) is 11.5 Å². The second kappa shape index (κ2) is 8.32. The van der Waals surface area contributed by atoms with Crippen LogP contribution >= 0.6 is 0 Å². The molecule has 2 heterocycles. The molecule has 0 radical (unpaired) electrons. The van der Waals surface area contributed by atoms with Crippen molar-refractivity contribution < 1.29 is 29.2 Å². The Labute approximate surface area is 171 Å². The summed E-state index contributed by atoms with van der Waals surface area (Å²) in [6, 6.07) is 10.0. The molecule has 0 aromatic heterocycles. The van der Waals surface area contributed by atoms with Gasteiger partial charge in [-0.15, -0.1) is 0 Å². The predicted molar refractivity (Wildman–Crippen MR) is 107 cm³/mol. The average molecular weight is 400 g/mol. The molecule has 2 aliphatic heterocycles. The van der Waals surface area contributed by atoms with Crippen LogP contribution < -0.4 is 9.47 Å². The predicted octanol–water partition coefficient (Wildman–Crippen LogP) is 3.07. The summed E-state index contributed by atoms with van der Waals surface area (Å²) in [6.45, 7) is 2.89. The van der Waals surface area contributed by atoms with Crippen molar-refractivity contribution in [3.05, 3.63) is 58.1 Å². The van der Waals surface area contributed by atoms with E-state index >= 15 is 0 Å². The van der Waals surface area contributed by atoms with Crippen molar-refractivity contribution in [2.75, 3.05) is 27.4 Å². The first-order valence-corrected chi connectivity index (χ1v) is 9.90. The van der Waals surface area contributed by atoms with Gasteiger partial charge in [0.05, 0.1) is 52.9 Å². The van der Waals surface area contributed by atoms with Crippen LogP contribution in [0.25, 0.3) is 0 Å². The number of aliphatic hydroxyl groups excluding tert-OH is 2. The summed E-state index contributed by atoms with van der Waals surface area (Å²) in [4.78, 5) is 0. The zero-order chi connectivity index (χ0) is 20.5. The number of fused-ring (bicyclic) bond motifs is 1. The summed E-state index contributed by atoms with van der Waals surface area (Å²) in [6.07, 6.45) is -0.167. The van der Waals surface area contributed by atoms with Crippen molar-refractivity contribution in [1.82, 2.24) is 0 Å². The first kappa shape index (κ1) is 20.2. The fraction of sp³-hybridized carbons (Fsp3) is 0.478. The van der Waals surface area contributed by atoms with E-state index in [1.807, 2.05) is 19.1 Å². The maximum absolute atomic E-state index is 9.74. The standard InChI is InChI=1S/C23H28O6/c1-13-4-5-14(7-20(13)26-2)22-18-11-29-23(19(18)12-28-22)15-6-16(9-24)17(10-25)21(8-15)27-3/h4-8,18-19,22-25H,9-12H2,1-3H3/t18-,19-,22-,23+/m0/s1. The van der Waals surface area contributed by atoms with Crippen LogP contribution in [0.1, 0.15) is 40.0 Å². The minimum atomic E-state index is -0.183. The van der Waals surface area contributed by atoms with Gasteiger partial charge in [0, 0.05) is 17.4 Å². The number of rotatable bonds is 6. The lowest BCUT2D eigenvalue weighted by Gasteiger charge is -2.20. The quantitative estimate of drug-likeness (QED) is 0.776. The lowest BCUT2D eigenvalue weighted by Crippen LogP contribution is -2.15. The molecule has 29 heavy (non-hydrogen) atoms. The molecule has 6 heteroatoms. The fourth-order valence-corrected chi connectivity index (χ4v) is 4.64. The Morgan fingerprint density at radius 1 is 0.862 bits per heavy atom. The van der Waals surface area contributed by atoms with Crippen LogP contribution in [0.15, 0.2) is 30.3 Å². The Bertz CT molecular complexity index is 855. The van der Waals surface area contributed by atoms with E-state index in [9.17, 15) is 10.2 Å². The SMILES string of the molecule is COc1cc([C@@H]2OC[C@H]3[C@@H]2CO[C@@H]3c2cc(CO)c(CO)c(OC)c2)ccc1C. The summed E-state index contributed by atoms with van der Waals surface area (Å²) in [7, 11) is 3.25. The lowest BCUT2D eigenvalue weighted by atomic mass is 9.84. The van der Waals surface area contributed by atoms with Gasteiger partial charge < -0.3 is 29.2 Å². The van der Waals surface area contributed by atoms with Gasteiger partial charge in [0.15, 0.2) is 0 Å². The monoisotopic (exact) mass is 400 g/mol. The van der Waals surface area contributed by atoms with E-state index in [-0.39, 0.29) is 37.3 Å². The molecular formula is C23H28O6. The summed E-state index contributed by atoms with van der Waals surface area (Å²) in [5.41, 5.74) is 4.42. The Balaban J connectivity index is 1.61. The van der Waals surface area contributed by atoms with Gasteiger partial charge in [0.1, 0.15) is 11.5 Å². The molecule has 0 unspecified atom stereocenters. The lowest BCUT2D eigenvalue weighted by molar-refractivity contribution is 0.0191. The second-order valence-electron chi connectivity index (χ2n) is 7.74. The average Bonchev–Trinajstić information content (AvgIpc) is 3.35. The van der Waals surface area contributed by atoms with Gasteiger partial charge in [-0.3, -0.25) is 0 Å². The van der Waals surface area contributed by atoms with Crippen molar-refractivity contribution in [1.29, 1.82) is 0 Å². The third-order valence-electron chi connectivity index (χ3n) is 6.23. The number of ether oxygens (including phenoxy) is 4. The maximum Gasteiger partial charge on any atom is 0.125 e. The summed E-state index contributed by atoms with van der Waals surface area (Å²) in [5, 5.41) is 19.4. The van der Waals surface area contributed by atoms with Gasteiger partial charge in [-0.2, -0.15) is 0 Å². The molecule has 0 bridgehead atoms. The summed E-state index contributed by atoms with van der Waals surface area (Å²) >= 11 is 0. The second-order valence-corrected chi connectivity index (χ2v) is 7.74. The van der Waals surface area contributed by atoms with Gasteiger partial charge in [0.25, 0.3) is 0 Å². The highest BCUT2D eigenvalue weighted by molar-refractivity contribution is 5.45. The maximum atomic E-state index is 9.74. The highest BCUT2D eigenvalue weighted by Crippen LogP contribution is 2.51. The molecule has 0 saturated carbocycles. The molecule has 2 fully saturated rings. The van der Waals surface area contributed by atoms with E-state index < -0.39 is 0 Å². The Kier molecular flexibility index (Phi) is 5.79. The van der Waals surface area contributed by atoms with Crippen LogP contribution in [0.4, 0.5) is 0 Å². The molecule has 4 rings (SSSR count). The van der Waals surface area contributed by atoms with Crippen LogP contribution in [-0.4, -0.2) is 37.6 Å². The number of hydrogen-bond acceptors (Lipinski definition) is 6. The summed E-state index contributed by atoms with van der Waals surface area (Å²) in [5.74, 6) is 1.89. The zero-order valence-corrected chi connectivity index (χ0v) is 17.1. The largest absolute Gasteiger partial charge is 0.496 e. The van der Waals surface area contributed by atoms with E-state index in [0.29, 0.717) is 30.1 Å². The van der Waals surface area contributed by atoms with E-state index in [2.05, 4.69) is 18.2 Å².